The predicted octanol–water partition coefficient (Wildman–Crippen LogP) is 10.9. The van der Waals surface area contributed by atoms with Crippen LogP contribution in [0.2, 0.25) is 0 Å². The van der Waals surface area contributed by atoms with E-state index in [9.17, 15) is 14.4 Å². The summed E-state index contributed by atoms with van der Waals surface area (Å²) in [7, 11) is 0. The second-order valence-corrected chi connectivity index (χ2v) is 11.8. The summed E-state index contributed by atoms with van der Waals surface area (Å²) >= 11 is 0. The minimum Gasteiger partial charge on any atom is -0.462 e. The number of ether oxygens (including phenoxy) is 3. The molecule has 1 unspecified atom stereocenters. The van der Waals surface area contributed by atoms with Crippen molar-refractivity contribution in [3.05, 3.63) is 48.6 Å². The largest absolute Gasteiger partial charge is 0.462 e. The van der Waals surface area contributed by atoms with Crippen LogP contribution in [-0.4, -0.2) is 37.2 Å². The predicted molar refractivity (Wildman–Crippen MR) is 187 cm³/mol. The third-order valence-corrected chi connectivity index (χ3v) is 7.35. The van der Waals surface area contributed by atoms with Crippen LogP contribution in [0.4, 0.5) is 0 Å². The van der Waals surface area contributed by atoms with Gasteiger partial charge in [0.25, 0.3) is 0 Å². The lowest BCUT2D eigenvalue weighted by Crippen LogP contribution is -2.30. The fourth-order valence-corrected chi connectivity index (χ4v) is 4.61. The zero-order chi connectivity index (χ0) is 33.1. The molecule has 258 valence electrons. The molecule has 0 spiro atoms. The highest BCUT2D eigenvalue weighted by atomic mass is 16.6. The number of hydrogen-bond donors (Lipinski definition) is 0. The molecule has 0 saturated heterocycles. The lowest BCUT2D eigenvalue weighted by molar-refractivity contribution is -0.167. The molecule has 6 nitrogen and oxygen atoms in total. The second-order valence-electron chi connectivity index (χ2n) is 11.8. The Morgan fingerprint density at radius 2 is 0.867 bits per heavy atom. The van der Waals surface area contributed by atoms with Crippen LogP contribution in [-0.2, 0) is 28.6 Å². The van der Waals surface area contributed by atoms with Crippen LogP contribution in [0.15, 0.2) is 48.6 Å². The maximum atomic E-state index is 12.5. The topological polar surface area (TPSA) is 78.9 Å². The molecule has 6 heteroatoms. The van der Waals surface area contributed by atoms with Crippen molar-refractivity contribution in [3.63, 3.8) is 0 Å². The van der Waals surface area contributed by atoms with Crippen molar-refractivity contribution in [1.29, 1.82) is 0 Å². The van der Waals surface area contributed by atoms with Gasteiger partial charge in [0.05, 0.1) is 0 Å². The number of hydrogen-bond acceptors (Lipinski definition) is 6. The molecule has 0 aliphatic rings. The normalized spacial score (nSPS) is 12.5. The molecule has 0 aliphatic heterocycles. The third-order valence-electron chi connectivity index (χ3n) is 7.35. The van der Waals surface area contributed by atoms with Gasteiger partial charge in [-0.1, -0.05) is 134 Å². The zero-order valence-corrected chi connectivity index (χ0v) is 29.1. The van der Waals surface area contributed by atoms with Gasteiger partial charge in [-0.2, -0.15) is 0 Å². The molecule has 0 aromatic rings. The summed E-state index contributed by atoms with van der Waals surface area (Å²) < 4.78 is 16.4. The molecular formula is C39H66O6. The first-order valence-corrected chi connectivity index (χ1v) is 18.1. The molecule has 0 radical (unpaired) electrons. The Morgan fingerprint density at radius 3 is 1.36 bits per heavy atom. The maximum absolute atomic E-state index is 12.5. The van der Waals surface area contributed by atoms with E-state index in [0.717, 1.165) is 89.9 Å². The Balaban J connectivity index is 4.34. The van der Waals surface area contributed by atoms with Gasteiger partial charge in [0.15, 0.2) is 6.10 Å². The summed E-state index contributed by atoms with van der Waals surface area (Å²) in [4.78, 5) is 37.0. The van der Waals surface area contributed by atoms with Crippen LogP contribution in [0.5, 0.6) is 0 Å². The molecule has 1 atom stereocenters. The van der Waals surface area contributed by atoms with E-state index in [0.29, 0.717) is 19.3 Å². The first-order chi connectivity index (χ1) is 22.0. The van der Waals surface area contributed by atoms with Gasteiger partial charge in [-0.15, -0.1) is 0 Å². The minimum atomic E-state index is -0.778. The first-order valence-electron chi connectivity index (χ1n) is 18.1. The third kappa shape index (κ3) is 32.6. The van der Waals surface area contributed by atoms with Crippen molar-refractivity contribution in [2.45, 2.75) is 168 Å². The highest BCUT2D eigenvalue weighted by Gasteiger charge is 2.19. The fraction of sp³-hybridized carbons (Fsp3) is 0.718. The van der Waals surface area contributed by atoms with Gasteiger partial charge in [0.1, 0.15) is 13.2 Å². The summed E-state index contributed by atoms with van der Waals surface area (Å²) in [6.45, 7) is 6.31. The monoisotopic (exact) mass is 630 g/mol. The van der Waals surface area contributed by atoms with Gasteiger partial charge < -0.3 is 14.2 Å². The summed E-state index contributed by atoms with van der Waals surface area (Å²) in [5.41, 5.74) is 0. The van der Waals surface area contributed by atoms with E-state index in [1.807, 2.05) is 0 Å². The highest BCUT2D eigenvalue weighted by Crippen LogP contribution is 2.11. The number of carbonyl (C=O) groups excluding carboxylic acids is 3. The smallest absolute Gasteiger partial charge is 0.306 e. The quantitative estimate of drug-likeness (QED) is 0.0328. The SMILES string of the molecule is CC/C=C\C/C=C\C/C=C\C/C=C\CCCCC(=O)OCC(COC(=O)CCCCCCC)OC(=O)CCCCCCCCC. The molecule has 45 heavy (non-hydrogen) atoms. The number of allylic oxidation sites excluding steroid dienone is 8. The molecule has 0 bridgehead atoms. The lowest BCUT2D eigenvalue weighted by Gasteiger charge is -2.18. The summed E-state index contributed by atoms with van der Waals surface area (Å²) in [5.74, 6) is -0.963. The van der Waals surface area contributed by atoms with Crippen LogP contribution in [0.25, 0.3) is 0 Å². The number of unbranched alkanes of at least 4 members (excludes halogenated alkanes) is 12. The van der Waals surface area contributed by atoms with Gasteiger partial charge in [0, 0.05) is 19.3 Å². The highest BCUT2D eigenvalue weighted by molar-refractivity contribution is 5.71. The molecular weight excluding hydrogens is 564 g/mol. The molecule has 0 amide bonds. The number of esters is 3. The van der Waals surface area contributed by atoms with Crippen LogP contribution in [0.3, 0.4) is 0 Å². The maximum Gasteiger partial charge on any atom is 0.306 e. The van der Waals surface area contributed by atoms with Crippen molar-refractivity contribution in [1.82, 2.24) is 0 Å². The minimum absolute atomic E-state index is 0.0876. The van der Waals surface area contributed by atoms with Gasteiger partial charge in [-0.3, -0.25) is 14.4 Å². The lowest BCUT2D eigenvalue weighted by atomic mass is 10.1. The van der Waals surface area contributed by atoms with Crippen molar-refractivity contribution in [3.8, 4) is 0 Å². The zero-order valence-electron chi connectivity index (χ0n) is 29.1. The summed E-state index contributed by atoms with van der Waals surface area (Å²) in [6, 6.07) is 0. The van der Waals surface area contributed by atoms with E-state index in [2.05, 4.69) is 69.4 Å². The molecule has 0 aliphatic carbocycles. The number of carbonyl (C=O) groups is 3. The molecule has 0 saturated carbocycles. The van der Waals surface area contributed by atoms with Gasteiger partial charge in [0.2, 0.25) is 0 Å². The molecule has 0 rings (SSSR count). The Hall–Kier alpha value is -2.63. The Bertz CT molecular complexity index is 825. The van der Waals surface area contributed by atoms with E-state index >= 15 is 0 Å². The Labute approximate surface area is 276 Å². The molecule has 0 heterocycles. The second kappa shape index (κ2) is 34.2. The molecule has 0 aromatic carbocycles. The van der Waals surface area contributed by atoms with Crippen LogP contribution < -0.4 is 0 Å². The summed E-state index contributed by atoms with van der Waals surface area (Å²) in [5, 5.41) is 0. The van der Waals surface area contributed by atoms with Crippen LogP contribution in [0.1, 0.15) is 162 Å². The first kappa shape index (κ1) is 42.4. The van der Waals surface area contributed by atoms with Crippen molar-refractivity contribution < 1.29 is 28.6 Å². The fourth-order valence-electron chi connectivity index (χ4n) is 4.61. The van der Waals surface area contributed by atoms with E-state index in [4.69, 9.17) is 14.2 Å². The Kier molecular flexibility index (Phi) is 32.2. The van der Waals surface area contributed by atoms with Crippen LogP contribution >= 0.6 is 0 Å². The van der Waals surface area contributed by atoms with Gasteiger partial charge in [-0.05, 0) is 57.8 Å². The van der Waals surface area contributed by atoms with Crippen molar-refractivity contribution in [2.24, 2.45) is 0 Å². The Morgan fingerprint density at radius 1 is 0.467 bits per heavy atom. The van der Waals surface area contributed by atoms with E-state index in [1.165, 1.54) is 32.1 Å². The van der Waals surface area contributed by atoms with Crippen LogP contribution in [0, 0.1) is 0 Å². The summed E-state index contributed by atoms with van der Waals surface area (Å²) in [6.07, 6.45) is 37.1. The standard InChI is InChI=1S/C39H66O6/c1-4-7-10-13-15-16-17-18-19-20-21-22-24-26-29-32-38(41)44-35-36(34-43-37(40)31-28-25-12-9-6-3)45-39(42)33-30-27-23-14-11-8-5-2/h7,10,15-16,18-19,21-22,36H,4-6,8-9,11-14,17,20,23-35H2,1-3H3/b10-7-,16-15-,19-18-,22-21-. The average Bonchev–Trinajstić information content (AvgIpc) is 3.03. The number of rotatable bonds is 31. The molecule has 0 N–H and O–H groups in total. The van der Waals surface area contributed by atoms with E-state index in [1.54, 1.807) is 0 Å². The van der Waals surface area contributed by atoms with Crippen molar-refractivity contribution in [2.75, 3.05) is 13.2 Å². The van der Waals surface area contributed by atoms with E-state index < -0.39 is 6.10 Å². The average molecular weight is 631 g/mol. The molecule has 0 aromatic heterocycles. The molecule has 0 fully saturated rings. The van der Waals surface area contributed by atoms with E-state index in [-0.39, 0.29) is 31.1 Å². The van der Waals surface area contributed by atoms with Gasteiger partial charge in [-0.25, -0.2) is 0 Å². The van der Waals surface area contributed by atoms with Gasteiger partial charge >= 0.3 is 17.9 Å². The van der Waals surface area contributed by atoms with Crippen molar-refractivity contribution >= 4 is 17.9 Å².